The van der Waals surface area contributed by atoms with Crippen molar-refractivity contribution >= 4 is 17.9 Å². The van der Waals surface area contributed by atoms with Crippen LogP contribution in [0.15, 0.2) is 28.8 Å². The number of nitrogens with one attached hydrogen (secondary N) is 1. The number of urea groups is 1. The summed E-state index contributed by atoms with van der Waals surface area (Å²) in [4.78, 5) is 44.7. The number of ether oxygens (including phenoxy) is 1. The van der Waals surface area contributed by atoms with E-state index >= 15 is 0 Å². The maximum Gasteiger partial charge on any atom is 0.328 e. The Morgan fingerprint density at radius 3 is 2.44 bits per heavy atom. The lowest BCUT2D eigenvalue weighted by Crippen LogP contribution is -2.49. The highest BCUT2D eigenvalue weighted by atomic mass is 16.5. The highest BCUT2D eigenvalue weighted by Crippen LogP contribution is 2.20. The molecule has 1 unspecified atom stereocenters. The summed E-state index contributed by atoms with van der Waals surface area (Å²) in [6.45, 7) is 5.61. The molecular formula is C24H33N5O5. The van der Waals surface area contributed by atoms with Gasteiger partial charge in [0.05, 0.1) is 7.11 Å². The predicted molar refractivity (Wildman–Crippen MR) is 125 cm³/mol. The number of aromatic nitrogens is 2. The van der Waals surface area contributed by atoms with Crippen LogP contribution in [0, 0.1) is 5.92 Å². The van der Waals surface area contributed by atoms with Crippen LogP contribution >= 0.6 is 0 Å². The first-order valence-corrected chi connectivity index (χ1v) is 11.6. The number of hydrogen-bond donors (Lipinski definition) is 1. The second-order valence-electron chi connectivity index (χ2n) is 8.81. The van der Waals surface area contributed by atoms with Crippen molar-refractivity contribution in [3.63, 3.8) is 0 Å². The van der Waals surface area contributed by atoms with Crippen LogP contribution in [0.1, 0.15) is 49.3 Å². The van der Waals surface area contributed by atoms with Crippen LogP contribution in [0.2, 0.25) is 0 Å². The molecule has 0 radical (unpaired) electrons. The molecular weight excluding hydrogens is 438 g/mol. The molecule has 10 nitrogen and oxygen atoms in total. The first-order chi connectivity index (χ1) is 16.3. The van der Waals surface area contributed by atoms with Crippen LogP contribution in [0.5, 0.6) is 0 Å². The average Bonchev–Trinajstić information content (AvgIpc) is 3.34. The van der Waals surface area contributed by atoms with E-state index in [0.717, 1.165) is 31.5 Å². The lowest BCUT2D eigenvalue weighted by Gasteiger charge is -2.26. The van der Waals surface area contributed by atoms with Crippen LogP contribution in [0.4, 0.5) is 4.79 Å². The predicted octanol–water partition coefficient (Wildman–Crippen LogP) is 2.74. The van der Waals surface area contributed by atoms with Crippen molar-refractivity contribution in [2.45, 2.75) is 45.6 Å². The smallest absolute Gasteiger partial charge is 0.328 e. The first-order valence-electron chi connectivity index (χ1n) is 11.6. The Hall–Kier alpha value is -3.43. The summed E-state index contributed by atoms with van der Waals surface area (Å²) in [5, 5.41) is 6.68. The maximum atomic E-state index is 12.6. The molecule has 2 aromatic rings. The number of benzene rings is 1. The second-order valence-corrected chi connectivity index (χ2v) is 8.81. The lowest BCUT2D eigenvalue weighted by atomic mass is 10.1. The third-order valence-electron chi connectivity index (χ3n) is 5.91. The van der Waals surface area contributed by atoms with Gasteiger partial charge in [0.25, 0.3) is 11.8 Å². The Bertz CT molecular complexity index is 982. The monoisotopic (exact) mass is 471 g/mol. The molecule has 10 heteroatoms. The summed E-state index contributed by atoms with van der Waals surface area (Å²) in [5.74, 6) is 0.265. The Balaban J connectivity index is 1.54. The van der Waals surface area contributed by atoms with Crippen molar-refractivity contribution < 1.29 is 23.6 Å². The first kappa shape index (κ1) is 25.2. The van der Waals surface area contributed by atoms with Crippen molar-refractivity contribution in [1.82, 2.24) is 25.3 Å². The Morgan fingerprint density at radius 1 is 1.15 bits per heavy atom. The van der Waals surface area contributed by atoms with Crippen molar-refractivity contribution in [2.24, 2.45) is 5.92 Å². The minimum absolute atomic E-state index is 0.0469. The minimum Gasteiger partial charge on any atom is -0.467 e. The highest BCUT2D eigenvalue weighted by Gasteiger charge is 2.26. The van der Waals surface area contributed by atoms with Gasteiger partial charge in [-0.05, 0) is 49.4 Å². The molecule has 34 heavy (non-hydrogen) atoms. The molecule has 2 heterocycles. The minimum atomic E-state index is -0.721. The number of hydrogen-bond acceptors (Lipinski definition) is 7. The second kappa shape index (κ2) is 11.6. The molecule has 1 aliphatic heterocycles. The Morgan fingerprint density at radius 2 is 1.82 bits per heavy atom. The highest BCUT2D eigenvalue weighted by molar-refractivity contribution is 5.94. The van der Waals surface area contributed by atoms with Crippen LogP contribution in [0.25, 0.3) is 11.5 Å². The van der Waals surface area contributed by atoms with Crippen molar-refractivity contribution in [2.75, 3.05) is 33.8 Å². The van der Waals surface area contributed by atoms with E-state index in [2.05, 4.69) is 15.5 Å². The molecule has 184 valence electrons. The van der Waals surface area contributed by atoms with Gasteiger partial charge < -0.3 is 24.4 Å². The summed E-state index contributed by atoms with van der Waals surface area (Å²) >= 11 is 0. The zero-order valence-electron chi connectivity index (χ0n) is 20.2. The van der Waals surface area contributed by atoms with Gasteiger partial charge in [0, 0.05) is 44.2 Å². The normalized spacial score (nSPS) is 14.6. The molecule has 1 aromatic carbocycles. The van der Waals surface area contributed by atoms with Gasteiger partial charge in [-0.1, -0.05) is 19.0 Å². The molecule has 1 saturated heterocycles. The van der Waals surface area contributed by atoms with Crippen LogP contribution in [-0.2, 0) is 16.0 Å². The van der Waals surface area contributed by atoms with Crippen LogP contribution in [0.3, 0.4) is 0 Å². The summed E-state index contributed by atoms with van der Waals surface area (Å²) in [7, 11) is 2.92. The number of nitrogens with zero attached hydrogens (tertiary/aromatic N) is 4. The molecule has 1 fully saturated rings. The van der Waals surface area contributed by atoms with Gasteiger partial charge in [0.15, 0.2) is 5.82 Å². The van der Waals surface area contributed by atoms with E-state index in [9.17, 15) is 14.4 Å². The molecule has 0 saturated carbocycles. The van der Waals surface area contributed by atoms with E-state index < -0.39 is 12.0 Å². The van der Waals surface area contributed by atoms with E-state index in [-0.39, 0.29) is 17.9 Å². The lowest BCUT2D eigenvalue weighted by molar-refractivity contribution is -0.144. The van der Waals surface area contributed by atoms with Gasteiger partial charge in [0.1, 0.15) is 6.04 Å². The van der Waals surface area contributed by atoms with Gasteiger partial charge in [-0.2, -0.15) is 4.98 Å². The molecule has 3 rings (SSSR count). The fourth-order valence-electron chi connectivity index (χ4n) is 3.74. The Kier molecular flexibility index (Phi) is 8.61. The number of methoxy groups -OCH3 is 1. The summed E-state index contributed by atoms with van der Waals surface area (Å²) in [6, 6.07) is 6.05. The van der Waals surface area contributed by atoms with Crippen molar-refractivity contribution in [3.8, 4) is 11.5 Å². The molecule has 1 aliphatic rings. The van der Waals surface area contributed by atoms with E-state index in [0.29, 0.717) is 30.2 Å². The van der Waals surface area contributed by atoms with Crippen LogP contribution < -0.4 is 5.32 Å². The molecule has 0 bridgehead atoms. The van der Waals surface area contributed by atoms with E-state index in [1.54, 1.807) is 31.3 Å². The summed E-state index contributed by atoms with van der Waals surface area (Å²) in [6.07, 6.45) is 3.65. The fourth-order valence-corrected chi connectivity index (χ4v) is 3.74. The zero-order valence-corrected chi connectivity index (χ0v) is 20.2. The number of rotatable bonds is 8. The third kappa shape index (κ3) is 6.33. The van der Waals surface area contributed by atoms with Gasteiger partial charge in [-0.15, -0.1) is 0 Å². The van der Waals surface area contributed by atoms with Gasteiger partial charge in [0.2, 0.25) is 0 Å². The SMILES string of the molecule is COC(=O)C(NC(=O)N(C)CCc1noc(-c2ccc(C(=O)N3CCCCC3)cc2)n1)C(C)C. The molecule has 3 amide bonds. The number of carbonyl (C=O) groups excluding carboxylic acids is 3. The number of likely N-dealkylation sites (N-methyl/N-ethyl adjacent to an activating group) is 1. The number of amides is 3. The number of likely N-dealkylation sites (tertiary alicyclic amines) is 1. The van der Waals surface area contributed by atoms with E-state index in [1.807, 2.05) is 18.7 Å². The van der Waals surface area contributed by atoms with Crippen LogP contribution in [-0.4, -0.2) is 77.7 Å². The maximum absolute atomic E-state index is 12.6. The van der Waals surface area contributed by atoms with E-state index in [4.69, 9.17) is 9.26 Å². The van der Waals surface area contributed by atoms with Gasteiger partial charge in [-0.3, -0.25) is 4.79 Å². The standard InChI is InChI=1S/C24H33N5O5/c1-16(2)20(23(31)33-4)26-24(32)28(3)15-12-19-25-21(34-27-19)17-8-10-18(11-9-17)22(30)29-13-6-5-7-14-29/h8-11,16,20H,5-7,12-15H2,1-4H3,(H,26,32). The largest absolute Gasteiger partial charge is 0.467 e. The van der Waals surface area contributed by atoms with E-state index in [1.165, 1.54) is 18.4 Å². The number of carbonyl (C=O) groups is 3. The average molecular weight is 472 g/mol. The van der Waals surface area contributed by atoms with Gasteiger partial charge in [-0.25, -0.2) is 9.59 Å². The molecule has 1 atom stereocenters. The van der Waals surface area contributed by atoms with Gasteiger partial charge >= 0.3 is 12.0 Å². The summed E-state index contributed by atoms with van der Waals surface area (Å²) in [5.41, 5.74) is 1.36. The zero-order chi connectivity index (χ0) is 24.7. The Labute approximate surface area is 199 Å². The fraction of sp³-hybridized carbons (Fsp3) is 0.542. The molecule has 1 N–H and O–H groups in total. The quantitative estimate of drug-likeness (QED) is 0.588. The van der Waals surface area contributed by atoms with Crippen molar-refractivity contribution in [3.05, 3.63) is 35.7 Å². The third-order valence-corrected chi connectivity index (χ3v) is 5.91. The number of esters is 1. The number of piperidine rings is 1. The molecule has 1 aromatic heterocycles. The molecule has 0 spiro atoms. The van der Waals surface area contributed by atoms with Crippen molar-refractivity contribution in [1.29, 1.82) is 0 Å². The molecule has 0 aliphatic carbocycles. The summed E-state index contributed by atoms with van der Waals surface area (Å²) < 4.78 is 10.1. The topological polar surface area (TPSA) is 118 Å².